The van der Waals surface area contributed by atoms with Gasteiger partial charge < -0.3 is 15.2 Å². The fourth-order valence-electron chi connectivity index (χ4n) is 0.702. The molecule has 0 aliphatic carbocycles. The third kappa shape index (κ3) is 3.69. The van der Waals surface area contributed by atoms with Crippen molar-refractivity contribution in [2.24, 2.45) is 0 Å². The van der Waals surface area contributed by atoms with E-state index in [1.807, 2.05) is 6.92 Å². The van der Waals surface area contributed by atoms with E-state index < -0.39 is 6.10 Å². The average molecular weight is 175 g/mol. The van der Waals surface area contributed by atoms with Crippen LogP contribution < -0.4 is 5.32 Å². The predicted molar refractivity (Wildman–Crippen MR) is 45.8 cm³/mol. The van der Waals surface area contributed by atoms with Crippen molar-refractivity contribution in [3.63, 3.8) is 0 Å². The zero-order valence-corrected chi connectivity index (χ0v) is 7.83. The van der Waals surface area contributed by atoms with Gasteiger partial charge in [0.2, 0.25) is 5.91 Å². The zero-order valence-electron chi connectivity index (χ0n) is 7.83. The Morgan fingerprint density at radius 3 is 2.58 bits per heavy atom. The van der Waals surface area contributed by atoms with Crippen LogP contribution in [0.5, 0.6) is 0 Å². The van der Waals surface area contributed by atoms with Gasteiger partial charge in [-0.05, 0) is 13.3 Å². The van der Waals surface area contributed by atoms with Crippen LogP contribution in [0.15, 0.2) is 0 Å². The lowest BCUT2D eigenvalue weighted by atomic mass is 10.2. The summed E-state index contributed by atoms with van der Waals surface area (Å²) in [5, 5.41) is 11.4. The Labute approximate surface area is 72.9 Å². The number of methoxy groups -OCH3 is 1. The summed E-state index contributed by atoms with van der Waals surface area (Å²) in [4.78, 5) is 11.2. The molecule has 0 bridgehead atoms. The number of aliphatic hydroxyl groups is 1. The van der Waals surface area contributed by atoms with Gasteiger partial charge >= 0.3 is 0 Å². The zero-order chi connectivity index (χ0) is 9.56. The van der Waals surface area contributed by atoms with E-state index in [0.29, 0.717) is 0 Å². The molecule has 0 aromatic heterocycles. The number of hydrogen-bond donors (Lipinski definition) is 2. The van der Waals surface area contributed by atoms with Crippen molar-refractivity contribution in [1.82, 2.24) is 5.32 Å². The fourth-order valence-corrected chi connectivity index (χ4v) is 0.702. The highest BCUT2D eigenvalue weighted by atomic mass is 16.5. The SMILES string of the molecule is CCC(CO)NC(=O)C(C)OC. The van der Waals surface area contributed by atoms with E-state index in [2.05, 4.69) is 5.32 Å². The minimum atomic E-state index is -0.453. The van der Waals surface area contributed by atoms with Crippen molar-refractivity contribution in [2.75, 3.05) is 13.7 Å². The summed E-state index contributed by atoms with van der Waals surface area (Å²) < 4.78 is 4.81. The number of ether oxygens (including phenoxy) is 1. The summed E-state index contributed by atoms with van der Waals surface area (Å²) in [7, 11) is 1.48. The highest BCUT2D eigenvalue weighted by molar-refractivity contribution is 5.80. The molecule has 0 heterocycles. The maximum atomic E-state index is 11.2. The molecule has 12 heavy (non-hydrogen) atoms. The van der Waals surface area contributed by atoms with Gasteiger partial charge in [-0.1, -0.05) is 6.92 Å². The topological polar surface area (TPSA) is 58.6 Å². The predicted octanol–water partition coefficient (Wildman–Crippen LogP) is -0.0916. The van der Waals surface area contributed by atoms with Crippen LogP contribution in [0, 0.1) is 0 Å². The summed E-state index contributed by atoms with van der Waals surface area (Å²) in [6.45, 7) is 3.54. The smallest absolute Gasteiger partial charge is 0.249 e. The van der Waals surface area contributed by atoms with E-state index >= 15 is 0 Å². The highest BCUT2D eigenvalue weighted by Crippen LogP contribution is 1.92. The Morgan fingerprint density at radius 2 is 2.25 bits per heavy atom. The van der Waals surface area contributed by atoms with Crippen molar-refractivity contribution in [1.29, 1.82) is 0 Å². The number of carbonyl (C=O) groups excluding carboxylic acids is 1. The molecule has 2 N–H and O–H groups in total. The molecular formula is C8H17NO3. The molecule has 0 spiro atoms. The molecule has 2 atom stereocenters. The third-order valence-electron chi connectivity index (χ3n) is 1.78. The molecule has 0 fully saturated rings. The minimum Gasteiger partial charge on any atom is -0.394 e. The number of carbonyl (C=O) groups is 1. The second-order valence-corrected chi connectivity index (χ2v) is 2.67. The third-order valence-corrected chi connectivity index (χ3v) is 1.78. The van der Waals surface area contributed by atoms with Gasteiger partial charge in [0.05, 0.1) is 12.6 Å². The van der Waals surface area contributed by atoms with Gasteiger partial charge in [-0.15, -0.1) is 0 Å². The normalized spacial score (nSPS) is 15.3. The Hall–Kier alpha value is -0.610. The Morgan fingerprint density at radius 1 is 1.67 bits per heavy atom. The molecule has 4 nitrogen and oxygen atoms in total. The second kappa shape index (κ2) is 5.97. The van der Waals surface area contributed by atoms with Crippen molar-refractivity contribution >= 4 is 5.91 Å². The largest absolute Gasteiger partial charge is 0.394 e. The van der Waals surface area contributed by atoms with Crippen LogP contribution in [0.25, 0.3) is 0 Å². The van der Waals surface area contributed by atoms with Crippen LogP contribution in [0.4, 0.5) is 0 Å². The first-order chi connectivity index (χ1) is 5.65. The minimum absolute atomic E-state index is 0.0291. The lowest BCUT2D eigenvalue weighted by Crippen LogP contribution is -2.42. The molecular weight excluding hydrogens is 158 g/mol. The lowest BCUT2D eigenvalue weighted by Gasteiger charge is -2.16. The van der Waals surface area contributed by atoms with Gasteiger partial charge in [0.1, 0.15) is 6.10 Å². The summed E-state index contributed by atoms with van der Waals surface area (Å²) in [6, 6.07) is -0.157. The molecule has 2 unspecified atom stereocenters. The first-order valence-corrected chi connectivity index (χ1v) is 4.09. The highest BCUT2D eigenvalue weighted by Gasteiger charge is 2.14. The fraction of sp³-hybridized carbons (Fsp3) is 0.875. The van der Waals surface area contributed by atoms with E-state index in [0.717, 1.165) is 6.42 Å². The number of rotatable bonds is 5. The molecule has 0 saturated carbocycles. The maximum Gasteiger partial charge on any atom is 0.249 e. The Balaban J connectivity index is 3.81. The molecule has 4 heteroatoms. The Kier molecular flexibility index (Phi) is 5.66. The molecule has 0 aromatic rings. The molecule has 1 amide bonds. The lowest BCUT2D eigenvalue weighted by molar-refractivity contribution is -0.131. The maximum absolute atomic E-state index is 11.2. The first kappa shape index (κ1) is 11.4. The number of amides is 1. The number of hydrogen-bond acceptors (Lipinski definition) is 3. The van der Waals surface area contributed by atoms with Crippen LogP contribution in [-0.2, 0) is 9.53 Å². The van der Waals surface area contributed by atoms with Gasteiger partial charge in [0.15, 0.2) is 0 Å². The Bertz CT molecular complexity index is 134. The van der Waals surface area contributed by atoms with Gasteiger partial charge in [-0.25, -0.2) is 0 Å². The summed E-state index contributed by atoms with van der Waals surface area (Å²) in [5.74, 6) is -0.182. The monoisotopic (exact) mass is 175 g/mol. The van der Waals surface area contributed by atoms with Crippen LogP contribution >= 0.6 is 0 Å². The van der Waals surface area contributed by atoms with E-state index in [1.54, 1.807) is 6.92 Å². The van der Waals surface area contributed by atoms with E-state index in [4.69, 9.17) is 9.84 Å². The molecule has 0 aliphatic heterocycles. The first-order valence-electron chi connectivity index (χ1n) is 4.09. The van der Waals surface area contributed by atoms with E-state index in [-0.39, 0.29) is 18.6 Å². The molecule has 0 rings (SSSR count). The van der Waals surface area contributed by atoms with Gasteiger partial charge in [0, 0.05) is 7.11 Å². The standard InChI is InChI=1S/C8H17NO3/c1-4-7(5-10)9-8(11)6(2)12-3/h6-7,10H,4-5H2,1-3H3,(H,9,11). The summed E-state index contributed by atoms with van der Waals surface area (Å²) >= 11 is 0. The van der Waals surface area contributed by atoms with Crippen LogP contribution in [0.3, 0.4) is 0 Å². The number of aliphatic hydroxyl groups excluding tert-OH is 1. The van der Waals surface area contributed by atoms with E-state index in [9.17, 15) is 4.79 Å². The molecule has 0 radical (unpaired) electrons. The molecule has 72 valence electrons. The molecule has 0 aromatic carbocycles. The molecule has 0 aliphatic rings. The van der Waals surface area contributed by atoms with Gasteiger partial charge in [0.25, 0.3) is 0 Å². The van der Waals surface area contributed by atoms with Crippen molar-refractivity contribution in [3.05, 3.63) is 0 Å². The average Bonchev–Trinajstić information content (AvgIpc) is 2.12. The van der Waals surface area contributed by atoms with Crippen molar-refractivity contribution in [3.8, 4) is 0 Å². The van der Waals surface area contributed by atoms with Crippen molar-refractivity contribution in [2.45, 2.75) is 32.4 Å². The van der Waals surface area contributed by atoms with Crippen LogP contribution in [-0.4, -0.2) is 36.9 Å². The van der Waals surface area contributed by atoms with Crippen LogP contribution in [0.2, 0.25) is 0 Å². The van der Waals surface area contributed by atoms with Crippen molar-refractivity contribution < 1.29 is 14.6 Å². The second-order valence-electron chi connectivity index (χ2n) is 2.67. The quantitative estimate of drug-likeness (QED) is 0.614. The summed E-state index contributed by atoms with van der Waals surface area (Å²) in [6.07, 6.45) is 0.268. The van der Waals surface area contributed by atoms with Crippen LogP contribution in [0.1, 0.15) is 20.3 Å². The number of nitrogens with one attached hydrogen (secondary N) is 1. The molecule has 0 saturated heterocycles. The van der Waals surface area contributed by atoms with Gasteiger partial charge in [-0.3, -0.25) is 4.79 Å². The van der Waals surface area contributed by atoms with E-state index in [1.165, 1.54) is 7.11 Å². The van der Waals surface area contributed by atoms with Gasteiger partial charge in [-0.2, -0.15) is 0 Å². The summed E-state index contributed by atoms with van der Waals surface area (Å²) in [5.41, 5.74) is 0.